The molecule has 0 spiro atoms. The predicted molar refractivity (Wildman–Crippen MR) is 87.1 cm³/mol. The monoisotopic (exact) mass is 288 g/mol. The van der Waals surface area contributed by atoms with E-state index in [1.165, 1.54) is 43.5 Å². The summed E-state index contributed by atoms with van der Waals surface area (Å²) in [4.78, 5) is 2.69. The van der Waals surface area contributed by atoms with Gasteiger partial charge in [0.25, 0.3) is 0 Å². The molecule has 1 N–H and O–H groups in total. The van der Waals surface area contributed by atoms with Gasteiger partial charge in [0.05, 0.1) is 6.61 Å². The van der Waals surface area contributed by atoms with Gasteiger partial charge in [0, 0.05) is 25.0 Å². The summed E-state index contributed by atoms with van der Waals surface area (Å²) in [5, 5.41) is 3.44. The molecule has 0 bridgehead atoms. The fourth-order valence-corrected chi connectivity index (χ4v) is 3.72. The van der Waals surface area contributed by atoms with Crippen molar-refractivity contribution in [2.45, 2.75) is 51.1 Å². The van der Waals surface area contributed by atoms with Crippen LogP contribution in [0.2, 0.25) is 0 Å². The number of ether oxygens (including phenoxy) is 1. The maximum absolute atomic E-state index is 5.59. The van der Waals surface area contributed by atoms with Gasteiger partial charge in [-0.25, -0.2) is 0 Å². The summed E-state index contributed by atoms with van der Waals surface area (Å²) in [5.74, 6) is 1.10. The van der Waals surface area contributed by atoms with Crippen molar-refractivity contribution in [2.24, 2.45) is 0 Å². The topological polar surface area (TPSA) is 24.5 Å². The fraction of sp³-hybridized carbons (Fsp3) is 0.667. The molecule has 21 heavy (non-hydrogen) atoms. The molecule has 116 valence electrons. The zero-order valence-electron chi connectivity index (χ0n) is 13.4. The van der Waals surface area contributed by atoms with Crippen molar-refractivity contribution in [3.05, 3.63) is 29.3 Å². The molecule has 3 nitrogen and oxygen atoms in total. The zero-order chi connectivity index (χ0) is 14.7. The van der Waals surface area contributed by atoms with E-state index >= 15 is 0 Å². The van der Waals surface area contributed by atoms with Gasteiger partial charge in [-0.1, -0.05) is 18.6 Å². The lowest BCUT2D eigenvalue weighted by Crippen LogP contribution is -2.50. The van der Waals surface area contributed by atoms with Crippen molar-refractivity contribution in [1.29, 1.82) is 0 Å². The smallest absolute Gasteiger partial charge is 0.122 e. The van der Waals surface area contributed by atoms with Gasteiger partial charge < -0.3 is 10.1 Å². The van der Waals surface area contributed by atoms with Crippen molar-refractivity contribution >= 4 is 0 Å². The Bertz CT molecular complexity index is 474. The van der Waals surface area contributed by atoms with E-state index in [-0.39, 0.29) is 0 Å². The average Bonchev–Trinajstić information content (AvgIpc) is 3.00. The molecule has 2 unspecified atom stereocenters. The number of hydrogen-bond acceptors (Lipinski definition) is 3. The van der Waals surface area contributed by atoms with Gasteiger partial charge in [-0.15, -0.1) is 0 Å². The van der Waals surface area contributed by atoms with Gasteiger partial charge in [-0.05, 0) is 57.0 Å². The van der Waals surface area contributed by atoms with Gasteiger partial charge in [-0.3, -0.25) is 4.90 Å². The SMILES string of the molecule is CNC(C)C1CCCCN1CCc1ccc2c(c1)CCO2. The van der Waals surface area contributed by atoms with Crippen LogP contribution in [-0.2, 0) is 12.8 Å². The lowest BCUT2D eigenvalue weighted by Gasteiger charge is -2.39. The maximum atomic E-state index is 5.59. The van der Waals surface area contributed by atoms with E-state index in [4.69, 9.17) is 4.74 Å². The summed E-state index contributed by atoms with van der Waals surface area (Å²) in [7, 11) is 2.08. The van der Waals surface area contributed by atoms with Crippen LogP contribution in [0.3, 0.4) is 0 Å². The molecule has 2 heterocycles. The van der Waals surface area contributed by atoms with Crippen LogP contribution in [0.5, 0.6) is 5.75 Å². The molecule has 0 aromatic heterocycles. The molecule has 2 aliphatic rings. The fourth-order valence-electron chi connectivity index (χ4n) is 3.72. The second-order valence-electron chi connectivity index (χ2n) is 6.47. The van der Waals surface area contributed by atoms with Crippen molar-refractivity contribution in [3.8, 4) is 5.75 Å². The minimum Gasteiger partial charge on any atom is -0.493 e. The van der Waals surface area contributed by atoms with Crippen LogP contribution >= 0.6 is 0 Å². The number of fused-ring (bicyclic) bond motifs is 1. The third-order valence-electron chi connectivity index (χ3n) is 5.14. The summed E-state index contributed by atoms with van der Waals surface area (Å²) in [6, 6.07) is 8.02. The Morgan fingerprint density at radius 2 is 2.29 bits per heavy atom. The molecule has 3 rings (SSSR count). The molecule has 1 saturated heterocycles. The predicted octanol–water partition coefficient (Wildman–Crippen LogP) is 2.63. The van der Waals surface area contributed by atoms with Crippen molar-refractivity contribution < 1.29 is 4.74 Å². The first kappa shape index (κ1) is 14.9. The molecule has 0 aliphatic carbocycles. The molecule has 0 radical (unpaired) electrons. The lowest BCUT2D eigenvalue weighted by atomic mass is 9.95. The third-order valence-corrected chi connectivity index (χ3v) is 5.14. The Balaban J connectivity index is 1.60. The van der Waals surface area contributed by atoms with Crippen LogP contribution < -0.4 is 10.1 Å². The number of likely N-dealkylation sites (tertiary alicyclic amines) is 1. The number of nitrogens with zero attached hydrogens (tertiary/aromatic N) is 1. The van der Waals surface area contributed by atoms with Crippen LogP contribution in [-0.4, -0.2) is 43.7 Å². The van der Waals surface area contributed by atoms with Crippen molar-refractivity contribution in [2.75, 3.05) is 26.7 Å². The van der Waals surface area contributed by atoms with E-state index < -0.39 is 0 Å². The van der Waals surface area contributed by atoms with E-state index in [1.54, 1.807) is 0 Å². The van der Waals surface area contributed by atoms with E-state index in [0.717, 1.165) is 25.2 Å². The quantitative estimate of drug-likeness (QED) is 0.901. The first-order valence-electron chi connectivity index (χ1n) is 8.44. The Hall–Kier alpha value is -1.06. The Labute approximate surface area is 128 Å². The summed E-state index contributed by atoms with van der Waals surface area (Å²) < 4.78 is 5.59. The van der Waals surface area contributed by atoms with Gasteiger partial charge in [0.1, 0.15) is 5.75 Å². The second-order valence-corrected chi connectivity index (χ2v) is 6.47. The summed E-state index contributed by atoms with van der Waals surface area (Å²) in [6.45, 7) is 5.60. The van der Waals surface area contributed by atoms with Gasteiger partial charge in [0.2, 0.25) is 0 Å². The zero-order valence-corrected chi connectivity index (χ0v) is 13.4. The molecule has 0 saturated carbocycles. The molecule has 0 amide bonds. The van der Waals surface area contributed by atoms with Crippen LogP contribution in [0.15, 0.2) is 18.2 Å². The number of benzene rings is 1. The standard InChI is InChI=1S/C18H28N2O/c1-14(19-2)17-5-3-4-10-20(17)11-8-15-6-7-18-16(13-15)9-12-21-18/h6-7,13-14,17,19H,3-5,8-12H2,1-2H3. The molecule has 3 heteroatoms. The van der Waals surface area contributed by atoms with Crippen molar-refractivity contribution in [3.63, 3.8) is 0 Å². The number of nitrogens with one attached hydrogen (secondary N) is 1. The highest BCUT2D eigenvalue weighted by Gasteiger charge is 2.26. The largest absolute Gasteiger partial charge is 0.493 e. The van der Waals surface area contributed by atoms with E-state index in [1.807, 2.05) is 0 Å². The normalized spacial score (nSPS) is 23.6. The lowest BCUT2D eigenvalue weighted by molar-refractivity contribution is 0.123. The van der Waals surface area contributed by atoms with E-state index in [9.17, 15) is 0 Å². The summed E-state index contributed by atoms with van der Waals surface area (Å²) >= 11 is 0. The molecule has 1 aromatic carbocycles. The number of likely N-dealkylation sites (N-methyl/N-ethyl adjacent to an activating group) is 1. The Morgan fingerprint density at radius 1 is 1.38 bits per heavy atom. The highest BCUT2D eigenvalue weighted by atomic mass is 16.5. The van der Waals surface area contributed by atoms with E-state index in [2.05, 4.69) is 42.4 Å². The number of hydrogen-bond donors (Lipinski definition) is 1. The van der Waals surface area contributed by atoms with Gasteiger partial charge in [-0.2, -0.15) is 0 Å². The van der Waals surface area contributed by atoms with Gasteiger partial charge >= 0.3 is 0 Å². The minimum atomic E-state index is 0.582. The maximum Gasteiger partial charge on any atom is 0.122 e. The summed E-state index contributed by atoms with van der Waals surface area (Å²) in [5.41, 5.74) is 2.85. The molecule has 1 aromatic rings. The number of rotatable bonds is 5. The van der Waals surface area contributed by atoms with Gasteiger partial charge in [0.15, 0.2) is 0 Å². The molecular weight excluding hydrogens is 260 g/mol. The van der Waals surface area contributed by atoms with E-state index in [0.29, 0.717) is 12.1 Å². The molecule has 2 aliphatic heterocycles. The summed E-state index contributed by atoms with van der Waals surface area (Å²) in [6.07, 6.45) is 6.29. The van der Waals surface area contributed by atoms with Crippen molar-refractivity contribution in [1.82, 2.24) is 10.2 Å². The third kappa shape index (κ3) is 3.41. The van der Waals surface area contributed by atoms with Crippen LogP contribution in [0, 0.1) is 0 Å². The Morgan fingerprint density at radius 3 is 3.14 bits per heavy atom. The Kier molecular flexibility index (Phi) is 4.81. The van der Waals surface area contributed by atoms with Crippen LogP contribution in [0.25, 0.3) is 0 Å². The average molecular weight is 288 g/mol. The molecular formula is C18H28N2O. The number of piperidine rings is 1. The molecule has 1 fully saturated rings. The first-order chi connectivity index (χ1) is 10.3. The van der Waals surface area contributed by atoms with Crippen LogP contribution in [0.1, 0.15) is 37.3 Å². The minimum absolute atomic E-state index is 0.582. The molecule has 2 atom stereocenters. The second kappa shape index (κ2) is 6.80. The van der Waals surface area contributed by atoms with Crippen LogP contribution in [0.4, 0.5) is 0 Å². The highest BCUT2D eigenvalue weighted by Crippen LogP contribution is 2.26. The highest BCUT2D eigenvalue weighted by molar-refractivity contribution is 5.39. The first-order valence-corrected chi connectivity index (χ1v) is 8.44.